The summed E-state index contributed by atoms with van der Waals surface area (Å²) in [4.78, 5) is 4.31. The number of aryl methyl sites for hydroxylation is 1. The summed E-state index contributed by atoms with van der Waals surface area (Å²) in [7, 11) is 0. The molecule has 0 fully saturated rings. The first kappa shape index (κ1) is 15.5. The molecule has 1 aromatic carbocycles. The Balaban J connectivity index is 1.90. The van der Waals surface area contributed by atoms with Crippen LogP contribution < -0.4 is 10.1 Å². The van der Waals surface area contributed by atoms with Crippen LogP contribution in [-0.2, 0) is 6.54 Å². The van der Waals surface area contributed by atoms with Gasteiger partial charge in [-0.25, -0.2) is 0 Å². The SMILES string of the molecule is Cc1ccc(CNC(C)c2ccc(OC(C)C)cc2)cn1. The lowest BCUT2D eigenvalue weighted by Crippen LogP contribution is -2.18. The van der Waals surface area contributed by atoms with Gasteiger partial charge in [0, 0.05) is 24.5 Å². The van der Waals surface area contributed by atoms with Crippen molar-refractivity contribution in [1.82, 2.24) is 10.3 Å². The maximum Gasteiger partial charge on any atom is 0.119 e. The first-order chi connectivity index (χ1) is 10.0. The summed E-state index contributed by atoms with van der Waals surface area (Å²) >= 11 is 0. The highest BCUT2D eigenvalue weighted by molar-refractivity contribution is 5.29. The van der Waals surface area contributed by atoms with E-state index >= 15 is 0 Å². The second kappa shape index (κ2) is 7.23. The summed E-state index contributed by atoms with van der Waals surface area (Å²) in [6.45, 7) is 9.06. The van der Waals surface area contributed by atoms with Crippen LogP contribution in [0.15, 0.2) is 42.6 Å². The molecule has 0 spiro atoms. The van der Waals surface area contributed by atoms with E-state index in [-0.39, 0.29) is 6.10 Å². The van der Waals surface area contributed by atoms with E-state index in [1.54, 1.807) is 0 Å². The standard InChI is InChI=1S/C18H24N2O/c1-13(2)21-18-9-7-17(8-10-18)15(4)20-12-16-6-5-14(3)19-11-16/h5-11,13,15,20H,12H2,1-4H3. The van der Waals surface area contributed by atoms with Gasteiger partial charge in [-0.3, -0.25) is 4.98 Å². The van der Waals surface area contributed by atoms with Crippen LogP contribution in [0.4, 0.5) is 0 Å². The highest BCUT2D eigenvalue weighted by Crippen LogP contribution is 2.18. The molecule has 1 heterocycles. The highest BCUT2D eigenvalue weighted by atomic mass is 16.5. The molecule has 1 atom stereocenters. The second-order valence-electron chi connectivity index (χ2n) is 5.65. The first-order valence-corrected chi connectivity index (χ1v) is 7.46. The Morgan fingerprint density at radius 2 is 1.76 bits per heavy atom. The third-order valence-electron chi connectivity index (χ3n) is 3.34. The number of nitrogens with zero attached hydrogens (tertiary/aromatic N) is 1. The van der Waals surface area contributed by atoms with Crippen LogP contribution in [0.3, 0.4) is 0 Å². The maximum atomic E-state index is 5.66. The number of hydrogen-bond acceptors (Lipinski definition) is 3. The lowest BCUT2D eigenvalue weighted by Gasteiger charge is -2.16. The zero-order valence-electron chi connectivity index (χ0n) is 13.3. The smallest absolute Gasteiger partial charge is 0.119 e. The third-order valence-corrected chi connectivity index (χ3v) is 3.34. The molecule has 0 bridgehead atoms. The predicted octanol–water partition coefficient (Wildman–Crippen LogP) is 4.03. The summed E-state index contributed by atoms with van der Waals surface area (Å²) in [5.41, 5.74) is 3.51. The van der Waals surface area contributed by atoms with Crippen molar-refractivity contribution in [2.45, 2.75) is 46.4 Å². The molecule has 0 saturated heterocycles. The fraction of sp³-hybridized carbons (Fsp3) is 0.389. The van der Waals surface area contributed by atoms with E-state index in [1.165, 1.54) is 11.1 Å². The van der Waals surface area contributed by atoms with E-state index in [1.807, 2.05) is 45.2 Å². The highest BCUT2D eigenvalue weighted by Gasteiger charge is 2.06. The number of aromatic nitrogens is 1. The van der Waals surface area contributed by atoms with Crippen molar-refractivity contribution >= 4 is 0 Å². The van der Waals surface area contributed by atoms with Crippen molar-refractivity contribution in [2.75, 3.05) is 0 Å². The average Bonchev–Trinajstić information content (AvgIpc) is 2.46. The molecule has 3 heteroatoms. The lowest BCUT2D eigenvalue weighted by molar-refractivity contribution is 0.242. The minimum Gasteiger partial charge on any atom is -0.491 e. The number of nitrogens with one attached hydrogen (secondary N) is 1. The van der Waals surface area contributed by atoms with Crippen LogP contribution in [0.2, 0.25) is 0 Å². The Hall–Kier alpha value is -1.87. The largest absolute Gasteiger partial charge is 0.491 e. The monoisotopic (exact) mass is 284 g/mol. The van der Waals surface area contributed by atoms with Gasteiger partial charge >= 0.3 is 0 Å². The summed E-state index contributed by atoms with van der Waals surface area (Å²) in [5, 5.41) is 3.51. The summed E-state index contributed by atoms with van der Waals surface area (Å²) < 4.78 is 5.66. The third kappa shape index (κ3) is 4.87. The molecule has 1 N–H and O–H groups in total. The van der Waals surface area contributed by atoms with Gasteiger partial charge in [-0.15, -0.1) is 0 Å². The number of hydrogen-bond donors (Lipinski definition) is 1. The minimum absolute atomic E-state index is 0.209. The van der Waals surface area contributed by atoms with Gasteiger partial charge in [0.25, 0.3) is 0 Å². The molecule has 112 valence electrons. The zero-order chi connectivity index (χ0) is 15.2. The summed E-state index contributed by atoms with van der Waals surface area (Å²) in [6.07, 6.45) is 2.13. The van der Waals surface area contributed by atoms with E-state index in [0.717, 1.165) is 18.0 Å². The normalized spacial score (nSPS) is 12.4. The quantitative estimate of drug-likeness (QED) is 0.869. The van der Waals surface area contributed by atoms with Crippen LogP contribution in [0.1, 0.15) is 43.6 Å². The molecule has 0 radical (unpaired) electrons. The molecule has 0 aliphatic rings. The van der Waals surface area contributed by atoms with Gasteiger partial charge in [-0.05, 0) is 57.0 Å². The fourth-order valence-corrected chi connectivity index (χ4v) is 2.10. The summed E-state index contributed by atoms with van der Waals surface area (Å²) in [5.74, 6) is 0.920. The van der Waals surface area contributed by atoms with Crippen LogP contribution in [0, 0.1) is 6.92 Å². The molecule has 2 aromatic rings. The van der Waals surface area contributed by atoms with Crippen LogP contribution in [0.5, 0.6) is 5.75 Å². The van der Waals surface area contributed by atoms with Crippen molar-refractivity contribution in [1.29, 1.82) is 0 Å². The van der Waals surface area contributed by atoms with Crippen molar-refractivity contribution in [3.8, 4) is 5.75 Å². The molecule has 0 aliphatic carbocycles. The van der Waals surface area contributed by atoms with E-state index in [0.29, 0.717) is 6.04 Å². The van der Waals surface area contributed by atoms with Crippen molar-refractivity contribution in [3.63, 3.8) is 0 Å². The van der Waals surface area contributed by atoms with Crippen molar-refractivity contribution < 1.29 is 4.74 Å². The molecular formula is C18H24N2O. The van der Waals surface area contributed by atoms with Crippen molar-refractivity contribution in [3.05, 3.63) is 59.4 Å². The minimum atomic E-state index is 0.209. The molecule has 0 aliphatic heterocycles. The predicted molar refractivity (Wildman–Crippen MR) is 86.4 cm³/mol. The first-order valence-electron chi connectivity index (χ1n) is 7.46. The van der Waals surface area contributed by atoms with Gasteiger partial charge in [-0.2, -0.15) is 0 Å². The molecule has 0 saturated carbocycles. The fourth-order valence-electron chi connectivity index (χ4n) is 2.10. The number of rotatable bonds is 6. The maximum absolute atomic E-state index is 5.66. The van der Waals surface area contributed by atoms with Crippen LogP contribution in [-0.4, -0.2) is 11.1 Å². The van der Waals surface area contributed by atoms with E-state index < -0.39 is 0 Å². The summed E-state index contributed by atoms with van der Waals surface area (Å²) in [6, 6.07) is 12.7. The number of benzene rings is 1. The van der Waals surface area contributed by atoms with Gasteiger partial charge in [-0.1, -0.05) is 18.2 Å². The molecule has 2 rings (SSSR count). The Morgan fingerprint density at radius 3 is 2.33 bits per heavy atom. The zero-order valence-corrected chi connectivity index (χ0v) is 13.3. The Labute approximate surface area is 127 Å². The van der Waals surface area contributed by atoms with Gasteiger partial charge in [0.15, 0.2) is 0 Å². The number of pyridine rings is 1. The number of ether oxygens (including phenoxy) is 1. The Morgan fingerprint density at radius 1 is 1.05 bits per heavy atom. The molecule has 1 unspecified atom stereocenters. The Bertz CT molecular complexity index is 546. The molecule has 3 nitrogen and oxygen atoms in total. The lowest BCUT2D eigenvalue weighted by atomic mass is 10.1. The van der Waals surface area contributed by atoms with E-state index in [2.05, 4.69) is 35.4 Å². The van der Waals surface area contributed by atoms with Crippen LogP contribution >= 0.6 is 0 Å². The molecule has 21 heavy (non-hydrogen) atoms. The van der Waals surface area contributed by atoms with Gasteiger partial charge < -0.3 is 10.1 Å². The molecular weight excluding hydrogens is 260 g/mol. The topological polar surface area (TPSA) is 34.1 Å². The van der Waals surface area contributed by atoms with Crippen molar-refractivity contribution in [2.24, 2.45) is 0 Å². The van der Waals surface area contributed by atoms with E-state index in [4.69, 9.17) is 4.74 Å². The molecule has 0 amide bonds. The average molecular weight is 284 g/mol. The second-order valence-corrected chi connectivity index (χ2v) is 5.65. The van der Waals surface area contributed by atoms with E-state index in [9.17, 15) is 0 Å². The van der Waals surface area contributed by atoms with Gasteiger partial charge in [0.1, 0.15) is 5.75 Å². The molecule has 1 aromatic heterocycles. The Kier molecular flexibility index (Phi) is 5.34. The van der Waals surface area contributed by atoms with Crippen LogP contribution in [0.25, 0.3) is 0 Å². The van der Waals surface area contributed by atoms with Gasteiger partial charge in [0.05, 0.1) is 6.10 Å². The van der Waals surface area contributed by atoms with Gasteiger partial charge in [0.2, 0.25) is 0 Å².